The fraction of sp³-hybridized carbons (Fsp3) is 0.154. The van der Waals surface area contributed by atoms with Crippen molar-refractivity contribution in [1.29, 1.82) is 5.26 Å². The average molecular weight is 311 g/mol. The minimum Gasteiger partial charge on any atom is -0.298 e. The number of hydrogen-bond donors (Lipinski definition) is 0. The molecule has 6 heteroatoms. The van der Waals surface area contributed by atoms with Crippen molar-refractivity contribution in [2.75, 3.05) is 0 Å². The van der Waals surface area contributed by atoms with Crippen LogP contribution >= 0.6 is 34.5 Å². The van der Waals surface area contributed by atoms with Gasteiger partial charge in [-0.2, -0.15) is 5.26 Å². The first kappa shape index (κ1) is 14.0. The highest BCUT2D eigenvalue weighted by Crippen LogP contribution is 2.31. The van der Waals surface area contributed by atoms with Crippen LogP contribution < -0.4 is 0 Å². The van der Waals surface area contributed by atoms with E-state index >= 15 is 0 Å². The van der Waals surface area contributed by atoms with Crippen molar-refractivity contribution in [2.24, 2.45) is 0 Å². The molecule has 0 saturated carbocycles. The number of thiazole rings is 1. The number of nitrogens with zero attached hydrogens (tertiary/aromatic N) is 2. The minimum absolute atomic E-state index is 0.211. The van der Waals surface area contributed by atoms with E-state index in [1.165, 1.54) is 18.3 Å². The molecule has 0 saturated heterocycles. The molecule has 19 heavy (non-hydrogen) atoms. The van der Waals surface area contributed by atoms with Gasteiger partial charge in [-0.15, -0.1) is 11.3 Å². The summed E-state index contributed by atoms with van der Waals surface area (Å²) in [7, 11) is 0. The highest BCUT2D eigenvalue weighted by atomic mass is 35.5. The molecule has 0 aliphatic carbocycles. The third kappa shape index (κ3) is 2.95. The molecule has 0 bridgehead atoms. The minimum atomic E-state index is -0.804. The fourth-order valence-electron chi connectivity index (χ4n) is 1.53. The molecule has 1 aromatic carbocycles. The number of rotatable bonds is 3. The molecule has 1 heterocycles. The van der Waals surface area contributed by atoms with Crippen molar-refractivity contribution in [1.82, 2.24) is 4.98 Å². The zero-order valence-electron chi connectivity index (χ0n) is 9.85. The van der Waals surface area contributed by atoms with Gasteiger partial charge in [0, 0.05) is 10.9 Å². The predicted octanol–water partition coefficient (Wildman–Crippen LogP) is 4.31. The maximum atomic E-state index is 11.3. The number of carbonyl (C=O) groups excluding carboxylic acids is 1. The molecule has 0 spiro atoms. The third-order valence-corrected chi connectivity index (χ3v) is 4.17. The molecule has 0 unspecified atom stereocenters. The van der Waals surface area contributed by atoms with Gasteiger partial charge in [-0.3, -0.25) is 4.79 Å². The number of aromatic nitrogens is 1. The first-order chi connectivity index (χ1) is 9.02. The number of nitriles is 1. The number of Topliss-reactive ketones (excluding diaryl/α,β-unsaturated/α-hetero) is 1. The molecule has 2 aromatic rings. The summed E-state index contributed by atoms with van der Waals surface area (Å²) in [6, 6.07) is 7.14. The smallest absolute Gasteiger partial charge is 0.156 e. The number of hydrogen-bond acceptors (Lipinski definition) is 4. The quantitative estimate of drug-likeness (QED) is 0.848. The summed E-state index contributed by atoms with van der Waals surface area (Å²) >= 11 is 13.1. The zero-order chi connectivity index (χ0) is 14.0. The number of carbonyl (C=O) groups is 1. The molecule has 1 aromatic heterocycles. The van der Waals surface area contributed by atoms with Crippen LogP contribution in [0, 0.1) is 11.3 Å². The average Bonchev–Trinajstić information content (AvgIpc) is 2.82. The molecular weight excluding hydrogens is 303 g/mol. The van der Waals surface area contributed by atoms with Gasteiger partial charge in [0.2, 0.25) is 0 Å². The Morgan fingerprint density at radius 2 is 2.16 bits per heavy atom. The summed E-state index contributed by atoms with van der Waals surface area (Å²) in [4.78, 5) is 15.6. The molecule has 2 rings (SSSR count). The van der Waals surface area contributed by atoms with Crippen LogP contribution in [0.1, 0.15) is 17.8 Å². The Hall–Kier alpha value is -1.41. The van der Waals surface area contributed by atoms with E-state index in [0.717, 1.165) is 5.56 Å². The lowest BCUT2D eigenvalue weighted by Crippen LogP contribution is -2.05. The van der Waals surface area contributed by atoms with E-state index in [2.05, 4.69) is 4.98 Å². The second kappa shape index (κ2) is 5.70. The molecule has 0 radical (unpaired) electrons. The Labute approximate surface area is 124 Å². The van der Waals surface area contributed by atoms with Gasteiger partial charge in [0.1, 0.15) is 5.01 Å². The maximum Gasteiger partial charge on any atom is 0.156 e. The molecule has 0 aliphatic heterocycles. The highest BCUT2D eigenvalue weighted by molar-refractivity contribution is 7.10. The van der Waals surface area contributed by atoms with Crippen LogP contribution in [0.15, 0.2) is 23.6 Å². The van der Waals surface area contributed by atoms with Crippen LogP contribution in [0.5, 0.6) is 0 Å². The van der Waals surface area contributed by atoms with Gasteiger partial charge in [0.25, 0.3) is 0 Å². The lowest BCUT2D eigenvalue weighted by molar-refractivity contribution is -0.117. The molecule has 96 valence electrons. The van der Waals surface area contributed by atoms with E-state index in [1.807, 2.05) is 6.07 Å². The maximum absolute atomic E-state index is 11.3. The van der Waals surface area contributed by atoms with Crippen molar-refractivity contribution in [3.8, 4) is 17.3 Å². The van der Waals surface area contributed by atoms with E-state index in [1.54, 1.807) is 23.6 Å². The van der Waals surface area contributed by atoms with Gasteiger partial charge in [0.05, 0.1) is 21.8 Å². The molecule has 0 N–H and O–H groups in total. The van der Waals surface area contributed by atoms with Crippen LogP contribution in [0.2, 0.25) is 10.0 Å². The Bertz CT molecular complexity index is 676. The van der Waals surface area contributed by atoms with Gasteiger partial charge in [-0.1, -0.05) is 29.3 Å². The van der Waals surface area contributed by atoms with E-state index in [9.17, 15) is 4.79 Å². The Morgan fingerprint density at radius 3 is 2.74 bits per heavy atom. The molecule has 0 aliphatic rings. The van der Waals surface area contributed by atoms with Crippen LogP contribution in [0.25, 0.3) is 11.3 Å². The van der Waals surface area contributed by atoms with Crippen molar-refractivity contribution in [3.63, 3.8) is 0 Å². The topological polar surface area (TPSA) is 53.8 Å². The SMILES string of the molecule is CC(=O)[C@H](C#N)c1nc(-c2ccc(Cl)c(Cl)c2)cs1. The molecular formula is C13H8Cl2N2OS. The van der Waals surface area contributed by atoms with E-state index in [4.69, 9.17) is 28.5 Å². The lowest BCUT2D eigenvalue weighted by Gasteiger charge is -2.01. The van der Waals surface area contributed by atoms with Crippen LogP contribution in [-0.4, -0.2) is 10.8 Å². The molecule has 1 atom stereocenters. The van der Waals surface area contributed by atoms with Gasteiger partial charge >= 0.3 is 0 Å². The molecule has 3 nitrogen and oxygen atoms in total. The summed E-state index contributed by atoms with van der Waals surface area (Å²) in [5.41, 5.74) is 1.48. The summed E-state index contributed by atoms with van der Waals surface area (Å²) in [5.74, 6) is -1.01. The van der Waals surface area contributed by atoms with Gasteiger partial charge in [-0.05, 0) is 19.1 Å². The van der Waals surface area contributed by atoms with Crippen LogP contribution in [0.4, 0.5) is 0 Å². The summed E-state index contributed by atoms with van der Waals surface area (Å²) in [5, 5.41) is 12.2. The van der Waals surface area contributed by atoms with Gasteiger partial charge in [-0.25, -0.2) is 4.98 Å². The first-order valence-corrected chi connectivity index (χ1v) is 6.97. The largest absolute Gasteiger partial charge is 0.298 e. The Morgan fingerprint density at radius 1 is 1.42 bits per heavy atom. The Balaban J connectivity index is 2.38. The Kier molecular flexibility index (Phi) is 4.20. The van der Waals surface area contributed by atoms with Gasteiger partial charge in [0.15, 0.2) is 11.7 Å². The predicted molar refractivity (Wildman–Crippen MR) is 76.6 cm³/mol. The van der Waals surface area contributed by atoms with Crippen molar-refractivity contribution in [2.45, 2.75) is 12.8 Å². The number of halogens is 2. The van der Waals surface area contributed by atoms with Crippen LogP contribution in [-0.2, 0) is 4.79 Å². The van der Waals surface area contributed by atoms with E-state index < -0.39 is 5.92 Å². The molecule has 0 amide bonds. The number of benzene rings is 1. The summed E-state index contributed by atoms with van der Waals surface area (Å²) < 4.78 is 0. The van der Waals surface area contributed by atoms with Gasteiger partial charge < -0.3 is 0 Å². The summed E-state index contributed by atoms with van der Waals surface area (Å²) in [6.45, 7) is 1.38. The van der Waals surface area contributed by atoms with Crippen molar-refractivity contribution >= 4 is 40.3 Å². The normalized spacial score (nSPS) is 11.9. The second-order valence-electron chi connectivity index (χ2n) is 3.87. The van der Waals surface area contributed by atoms with Crippen LogP contribution in [0.3, 0.4) is 0 Å². The number of ketones is 1. The zero-order valence-corrected chi connectivity index (χ0v) is 12.2. The van der Waals surface area contributed by atoms with E-state index in [0.29, 0.717) is 20.7 Å². The third-order valence-electron chi connectivity index (χ3n) is 2.52. The monoisotopic (exact) mass is 310 g/mol. The van der Waals surface area contributed by atoms with Crippen molar-refractivity contribution < 1.29 is 4.79 Å². The second-order valence-corrected chi connectivity index (χ2v) is 5.58. The first-order valence-electron chi connectivity index (χ1n) is 5.34. The van der Waals surface area contributed by atoms with Crippen molar-refractivity contribution in [3.05, 3.63) is 38.6 Å². The molecule has 0 fully saturated rings. The van der Waals surface area contributed by atoms with E-state index in [-0.39, 0.29) is 5.78 Å². The fourth-order valence-corrected chi connectivity index (χ4v) is 2.75. The summed E-state index contributed by atoms with van der Waals surface area (Å²) in [6.07, 6.45) is 0. The highest BCUT2D eigenvalue weighted by Gasteiger charge is 2.20. The standard InChI is InChI=1S/C13H8Cl2N2OS/c1-7(18)9(5-16)13-17-12(6-19-13)8-2-3-10(14)11(15)4-8/h2-4,6,9H,1H3/t9-/m0/s1. The lowest BCUT2D eigenvalue weighted by atomic mass is 10.1.